The Morgan fingerprint density at radius 3 is 2.76 bits per heavy atom. The lowest BCUT2D eigenvalue weighted by Crippen LogP contribution is -2.27. The molecule has 1 atom stereocenters. The fourth-order valence-corrected chi connectivity index (χ4v) is 2.74. The third-order valence-electron chi connectivity index (χ3n) is 3.86. The summed E-state index contributed by atoms with van der Waals surface area (Å²) >= 11 is 0. The zero-order valence-corrected chi connectivity index (χ0v) is 12.1. The van der Waals surface area contributed by atoms with Gasteiger partial charge in [-0.05, 0) is 35.9 Å². The smallest absolute Gasteiger partial charge is 0.108 e. The van der Waals surface area contributed by atoms with Crippen LogP contribution in [0.15, 0.2) is 48.5 Å². The summed E-state index contributed by atoms with van der Waals surface area (Å²) in [6.45, 7) is 2.47. The van der Waals surface area contributed by atoms with E-state index in [9.17, 15) is 5.26 Å². The van der Waals surface area contributed by atoms with E-state index < -0.39 is 0 Å². The highest BCUT2D eigenvalue weighted by molar-refractivity contribution is 5.43. The van der Waals surface area contributed by atoms with Crippen LogP contribution in [-0.2, 0) is 11.3 Å². The van der Waals surface area contributed by atoms with Gasteiger partial charge in [-0.2, -0.15) is 5.26 Å². The summed E-state index contributed by atoms with van der Waals surface area (Å²) in [4.78, 5) is 2.24. The first kappa shape index (κ1) is 13.8. The molecular formula is C18H18N2O. The molecule has 106 valence electrons. The minimum absolute atomic E-state index is 0.0943. The molecule has 0 bridgehead atoms. The Morgan fingerprint density at radius 2 is 2.00 bits per heavy atom. The molecule has 3 nitrogen and oxygen atoms in total. The lowest BCUT2D eigenvalue weighted by Gasteiger charge is -2.28. The van der Waals surface area contributed by atoms with E-state index >= 15 is 0 Å². The number of nitriles is 1. The molecule has 21 heavy (non-hydrogen) atoms. The molecule has 1 heterocycles. The van der Waals surface area contributed by atoms with Gasteiger partial charge in [0.25, 0.3) is 0 Å². The molecule has 0 N–H and O–H groups in total. The summed E-state index contributed by atoms with van der Waals surface area (Å²) in [6.07, 6.45) is -0.0943. The van der Waals surface area contributed by atoms with E-state index in [1.165, 1.54) is 5.56 Å². The van der Waals surface area contributed by atoms with Gasteiger partial charge >= 0.3 is 0 Å². The van der Waals surface area contributed by atoms with Gasteiger partial charge in [0.1, 0.15) is 6.10 Å². The molecule has 2 aromatic carbocycles. The number of benzene rings is 2. The molecule has 3 rings (SSSR count). The highest BCUT2D eigenvalue weighted by Gasteiger charge is 2.21. The molecule has 0 fully saturated rings. The van der Waals surface area contributed by atoms with Crippen LogP contribution < -0.4 is 0 Å². The maximum atomic E-state index is 9.17. The predicted molar refractivity (Wildman–Crippen MR) is 81.7 cm³/mol. The molecule has 0 radical (unpaired) electrons. The quantitative estimate of drug-likeness (QED) is 0.804. The summed E-state index contributed by atoms with van der Waals surface area (Å²) in [5.74, 6) is 0. The van der Waals surface area contributed by atoms with Gasteiger partial charge in [0.05, 0.1) is 18.2 Å². The van der Waals surface area contributed by atoms with Crippen LogP contribution in [0.1, 0.15) is 28.4 Å². The molecular weight excluding hydrogens is 260 g/mol. The standard InChI is InChI=1S/C18H18N2O/c1-20-9-10-21-18(15-5-3-2-4-6-15)17-11-14(12-19)7-8-16(17)13-20/h2-8,11,18H,9-10,13H2,1H3. The summed E-state index contributed by atoms with van der Waals surface area (Å²) < 4.78 is 6.11. The lowest BCUT2D eigenvalue weighted by atomic mass is 9.94. The van der Waals surface area contributed by atoms with Crippen LogP contribution in [-0.4, -0.2) is 25.1 Å². The van der Waals surface area contributed by atoms with Crippen molar-refractivity contribution in [3.05, 3.63) is 70.8 Å². The highest BCUT2D eigenvalue weighted by Crippen LogP contribution is 2.31. The average molecular weight is 278 g/mol. The summed E-state index contributed by atoms with van der Waals surface area (Å²) in [7, 11) is 2.09. The van der Waals surface area contributed by atoms with Gasteiger partial charge < -0.3 is 4.74 Å². The van der Waals surface area contributed by atoms with Crippen molar-refractivity contribution in [3.8, 4) is 6.07 Å². The first-order valence-electron chi connectivity index (χ1n) is 7.16. The van der Waals surface area contributed by atoms with Crippen LogP contribution in [0.25, 0.3) is 0 Å². The monoisotopic (exact) mass is 278 g/mol. The first-order valence-corrected chi connectivity index (χ1v) is 7.16. The normalized spacial score (nSPS) is 19.1. The molecule has 1 unspecified atom stereocenters. The Balaban J connectivity index is 2.10. The second-order valence-electron chi connectivity index (χ2n) is 5.42. The Hall–Kier alpha value is -2.15. The van der Waals surface area contributed by atoms with Crippen LogP contribution in [0.3, 0.4) is 0 Å². The average Bonchev–Trinajstić information content (AvgIpc) is 2.51. The van der Waals surface area contributed by atoms with Crippen molar-refractivity contribution in [2.24, 2.45) is 0 Å². The predicted octanol–water partition coefficient (Wildman–Crippen LogP) is 3.11. The van der Waals surface area contributed by atoms with E-state index in [-0.39, 0.29) is 6.10 Å². The Morgan fingerprint density at radius 1 is 1.19 bits per heavy atom. The lowest BCUT2D eigenvalue weighted by molar-refractivity contribution is 0.0554. The van der Waals surface area contributed by atoms with Crippen molar-refractivity contribution < 1.29 is 4.74 Å². The van der Waals surface area contributed by atoms with E-state index in [1.54, 1.807) is 0 Å². The Kier molecular flexibility index (Phi) is 4.01. The number of hydrogen-bond acceptors (Lipinski definition) is 3. The van der Waals surface area contributed by atoms with Gasteiger partial charge in [0.2, 0.25) is 0 Å². The molecule has 2 aromatic rings. The highest BCUT2D eigenvalue weighted by atomic mass is 16.5. The number of likely N-dealkylation sites (N-methyl/N-ethyl adjacent to an activating group) is 1. The van der Waals surface area contributed by atoms with E-state index in [1.807, 2.05) is 30.3 Å². The van der Waals surface area contributed by atoms with E-state index in [2.05, 4.69) is 36.2 Å². The molecule has 0 spiro atoms. The molecule has 1 aliphatic rings. The summed E-state index contributed by atoms with van der Waals surface area (Å²) in [5, 5.41) is 9.17. The number of rotatable bonds is 1. The second kappa shape index (κ2) is 6.09. The van der Waals surface area contributed by atoms with E-state index in [4.69, 9.17) is 4.74 Å². The largest absolute Gasteiger partial charge is 0.367 e. The van der Waals surface area contributed by atoms with Gasteiger partial charge in [-0.3, -0.25) is 4.90 Å². The van der Waals surface area contributed by atoms with Crippen LogP contribution in [0.2, 0.25) is 0 Å². The van der Waals surface area contributed by atoms with Crippen molar-refractivity contribution in [2.45, 2.75) is 12.6 Å². The van der Waals surface area contributed by atoms with Crippen molar-refractivity contribution in [3.63, 3.8) is 0 Å². The van der Waals surface area contributed by atoms with E-state index in [0.717, 1.165) is 24.2 Å². The SMILES string of the molecule is CN1CCOC(c2ccccc2)c2cc(C#N)ccc2C1. The molecule has 0 amide bonds. The zero-order valence-electron chi connectivity index (χ0n) is 12.1. The number of ether oxygens (including phenoxy) is 1. The molecule has 0 aromatic heterocycles. The van der Waals surface area contributed by atoms with Crippen LogP contribution >= 0.6 is 0 Å². The van der Waals surface area contributed by atoms with Gasteiger partial charge in [0.15, 0.2) is 0 Å². The van der Waals surface area contributed by atoms with Gasteiger partial charge in [-0.25, -0.2) is 0 Å². The molecule has 1 aliphatic heterocycles. The Bertz CT molecular complexity index is 661. The third kappa shape index (κ3) is 2.97. The zero-order chi connectivity index (χ0) is 14.7. The fourth-order valence-electron chi connectivity index (χ4n) is 2.74. The van der Waals surface area contributed by atoms with Gasteiger partial charge in [-0.1, -0.05) is 36.4 Å². The van der Waals surface area contributed by atoms with Crippen molar-refractivity contribution >= 4 is 0 Å². The first-order chi connectivity index (χ1) is 10.3. The van der Waals surface area contributed by atoms with Gasteiger partial charge in [-0.15, -0.1) is 0 Å². The van der Waals surface area contributed by atoms with Crippen LogP contribution in [0, 0.1) is 11.3 Å². The molecule has 0 saturated heterocycles. The summed E-state index contributed by atoms with van der Waals surface area (Å²) in [5.41, 5.74) is 4.15. The molecule has 0 saturated carbocycles. The minimum Gasteiger partial charge on any atom is -0.367 e. The van der Waals surface area contributed by atoms with Crippen molar-refractivity contribution in [2.75, 3.05) is 20.2 Å². The van der Waals surface area contributed by atoms with Crippen molar-refractivity contribution in [1.82, 2.24) is 4.90 Å². The maximum absolute atomic E-state index is 9.17. The second-order valence-corrected chi connectivity index (χ2v) is 5.42. The van der Waals surface area contributed by atoms with Gasteiger partial charge in [0, 0.05) is 13.1 Å². The summed E-state index contributed by atoms with van der Waals surface area (Å²) in [6, 6.07) is 18.3. The topological polar surface area (TPSA) is 36.3 Å². The Labute approximate surface area is 125 Å². The third-order valence-corrected chi connectivity index (χ3v) is 3.86. The minimum atomic E-state index is -0.0943. The maximum Gasteiger partial charge on any atom is 0.108 e. The molecule has 0 aliphatic carbocycles. The van der Waals surface area contributed by atoms with Crippen LogP contribution in [0.4, 0.5) is 0 Å². The fraction of sp³-hybridized carbons (Fsp3) is 0.278. The number of nitrogens with zero attached hydrogens (tertiary/aromatic N) is 2. The molecule has 3 heteroatoms. The number of fused-ring (bicyclic) bond motifs is 1. The van der Waals surface area contributed by atoms with E-state index in [0.29, 0.717) is 12.2 Å². The van der Waals surface area contributed by atoms with Crippen molar-refractivity contribution in [1.29, 1.82) is 5.26 Å². The number of hydrogen-bond donors (Lipinski definition) is 0. The van der Waals surface area contributed by atoms with Crippen LogP contribution in [0.5, 0.6) is 0 Å².